The average Bonchev–Trinajstić information content (AvgIpc) is 2.23. The van der Waals surface area contributed by atoms with Gasteiger partial charge in [-0.15, -0.1) is 0 Å². The van der Waals surface area contributed by atoms with Crippen LogP contribution in [-0.2, 0) is 4.79 Å². The van der Waals surface area contributed by atoms with E-state index in [-0.39, 0.29) is 24.1 Å². The molecule has 1 aliphatic heterocycles. The summed E-state index contributed by atoms with van der Waals surface area (Å²) >= 11 is 0. The first-order valence-corrected chi connectivity index (χ1v) is 6.31. The van der Waals surface area contributed by atoms with Gasteiger partial charge in [0.15, 0.2) is 0 Å². The lowest BCUT2D eigenvalue weighted by Gasteiger charge is -2.42. The standard InChI is InChI=1S/C12H22N2O2/c1-9-3-6-13-10(7-9)11(16)14-12(8-15)4-2-5-12/h9-10,13,15H,2-8H2,1H3,(H,14,16). The molecule has 0 aromatic heterocycles. The molecule has 3 N–H and O–H groups in total. The van der Waals surface area contributed by atoms with Crippen molar-refractivity contribution in [3.05, 3.63) is 0 Å². The topological polar surface area (TPSA) is 61.4 Å². The molecular weight excluding hydrogens is 204 g/mol. The molecule has 1 saturated heterocycles. The van der Waals surface area contributed by atoms with Crippen LogP contribution in [0.5, 0.6) is 0 Å². The van der Waals surface area contributed by atoms with Gasteiger partial charge in [-0.3, -0.25) is 4.79 Å². The number of nitrogens with one attached hydrogen (secondary N) is 2. The van der Waals surface area contributed by atoms with E-state index in [1.807, 2.05) is 0 Å². The molecule has 0 aromatic carbocycles. The molecule has 0 bridgehead atoms. The van der Waals surface area contributed by atoms with Crippen molar-refractivity contribution < 1.29 is 9.90 Å². The third-order valence-electron chi connectivity index (χ3n) is 3.98. The zero-order chi connectivity index (χ0) is 11.6. The normalized spacial score (nSPS) is 32.9. The highest BCUT2D eigenvalue weighted by molar-refractivity contribution is 5.82. The van der Waals surface area contributed by atoms with Gasteiger partial charge in [0, 0.05) is 0 Å². The summed E-state index contributed by atoms with van der Waals surface area (Å²) in [5.41, 5.74) is -0.306. The second-order valence-electron chi connectivity index (χ2n) is 5.42. The SMILES string of the molecule is CC1CCNC(C(=O)NC2(CO)CCC2)C1. The zero-order valence-corrected chi connectivity index (χ0v) is 9.96. The second-order valence-corrected chi connectivity index (χ2v) is 5.42. The minimum Gasteiger partial charge on any atom is -0.394 e. The van der Waals surface area contributed by atoms with Gasteiger partial charge in [-0.25, -0.2) is 0 Å². The van der Waals surface area contributed by atoms with Crippen molar-refractivity contribution in [1.82, 2.24) is 10.6 Å². The Labute approximate surface area is 96.8 Å². The van der Waals surface area contributed by atoms with E-state index in [1.165, 1.54) is 0 Å². The molecule has 2 rings (SSSR count). The predicted molar refractivity (Wildman–Crippen MR) is 62.0 cm³/mol. The highest BCUT2D eigenvalue weighted by atomic mass is 16.3. The fraction of sp³-hybridized carbons (Fsp3) is 0.917. The maximum atomic E-state index is 12.0. The number of carbonyl (C=O) groups excluding carboxylic acids is 1. The Morgan fingerprint density at radius 2 is 2.31 bits per heavy atom. The molecule has 0 spiro atoms. The third kappa shape index (κ3) is 2.38. The van der Waals surface area contributed by atoms with Crippen LogP contribution in [0.2, 0.25) is 0 Å². The first-order valence-electron chi connectivity index (χ1n) is 6.31. The summed E-state index contributed by atoms with van der Waals surface area (Å²) < 4.78 is 0. The van der Waals surface area contributed by atoms with Crippen LogP contribution in [0, 0.1) is 5.92 Å². The fourth-order valence-corrected chi connectivity index (χ4v) is 2.58. The lowest BCUT2D eigenvalue weighted by molar-refractivity contribution is -0.128. The van der Waals surface area contributed by atoms with E-state index >= 15 is 0 Å². The van der Waals surface area contributed by atoms with Crippen LogP contribution in [0.4, 0.5) is 0 Å². The van der Waals surface area contributed by atoms with Crippen molar-refractivity contribution >= 4 is 5.91 Å². The number of piperidine rings is 1. The van der Waals surface area contributed by atoms with Gasteiger partial charge in [-0.05, 0) is 44.6 Å². The molecule has 0 radical (unpaired) electrons. The summed E-state index contributed by atoms with van der Waals surface area (Å²) in [6, 6.07) is -0.0622. The molecular formula is C12H22N2O2. The van der Waals surface area contributed by atoms with E-state index in [1.54, 1.807) is 0 Å². The lowest BCUT2D eigenvalue weighted by atomic mass is 9.77. The predicted octanol–water partition coefficient (Wildman–Crippen LogP) is 0.406. The third-order valence-corrected chi connectivity index (χ3v) is 3.98. The largest absolute Gasteiger partial charge is 0.394 e. The van der Waals surface area contributed by atoms with Crippen LogP contribution < -0.4 is 10.6 Å². The van der Waals surface area contributed by atoms with Gasteiger partial charge in [0.1, 0.15) is 0 Å². The smallest absolute Gasteiger partial charge is 0.237 e. The molecule has 4 heteroatoms. The monoisotopic (exact) mass is 226 g/mol. The van der Waals surface area contributed by atoms with Crippen LogP contribution in [0.25, 0.3) is 0 Å². The van der Waals surface area contributed by atoms with Gasteiger partial charge in [0.2, 0.25) is 5.91 Å². The van der Waals surface area contributed by atoms with Gasteiger partial charge < -0.3 is 15.7 Å². The van der Waals surface area contributed by atoms with Crippen molar-refractivity contribution in [3.8, 4) is 0 Å². The Morgan fingerprint density at radius 3 is 2.81 bits per heavy atom. The van der Waals surface area contributed by atoms with Crippen LogP contribution in [-0.4, -0.2) is 35.7 Å². The highest BCUT2D eigenvalue weighted by Crippen LogP contribution is 2.31. The van der Waals surface area contributed by atoms with Gasteiger partial charge in [0.25, 0.3) is 0 Å². The van der Waals surface area contributed by atoms with Crippen molar-refractivity contribution in [2.45, 2.75) is 50.6 Å². The van der Waals surface area contributed by atoms with Crippen molar-refractivity contribution in [2.24, 2.45) is 5.92 Å². The van der Waals surface area contributed by atoms with Crippen molar-refractivity contribution in [1.29, 1.82) is 0 Å². The maximum absolute atomic E-state index is 12.0. The summed E-state index contributed by atoms with van der Waals surface area (Å²) in [6.45, 7) is 3.18. The Morgan fingerprint density at radius 1 is 1.56 bits per heavy atom. The summed E-state index contributed by atoms with van der Waals surface area (Å²) in [4.78, 5) is 12.0. The maximum Gasteiger partial charge on any atom is 0.237 e. The quantitative estimate of drug-likeness (QED) is 0.653. The van der Waals surface area contributed by atoms with Gasteiger partial charge in [0.05, 0.1) is 18.2 Å². The zero-order valence-electron chi connectivity index (χ0n) is 9.96. The van der Waals surface area contributed by atoms with Crippen molar-refractivity contribution in [3.63, 3.8) is 0 Å². The van der Waals surface area contributed by atoms with Crippen LogP contribution in [0.1, 0.15) is 39.0 Å². The molecule has 16 heavy (non-hydrogen) atoms. The van der Waals surface area contributed by atoms with Crippen LogP contribution in [0.15, 0.2) is 0 Å². The Kier molecular flexibility index (Phi) is 3.50. The van der Waals surface area contributed by atoms with E-state index in [9.17, 15) is 9.90 Å². The van der Waals surface area contributed by atoms with Crippen LogP contribution >= 0.6 is 0 Å². The molecule has 1 saturated carbocycles. The van der Waals surface area contributed by atoms with E-state index in [0.29, 0.717) is 5.92 Å². The van der Waals surface area contributed by atoms with Gasteiger partial charge in [-0.2, -0.15) is 0 Å². The summed E-state index contributed by atoms with van der Waals surface area (Å²) in [7, 11) is 0. The van der Waals surface area contributed by atoms with E-state index in [4.69, 9.17) is 0 Å². The van der Waals surface area contributed by atoms with E-state index < -0.39 is 0 Å². The van der Waals surface area contributed by atoms with E-state index in [0.717, 1.165) is 38.6 Å². The Balaban J connectivity index is 1.87. The summed E-state index contributed by atoms with van der Waals surface area (Å²) in [6.07, 6.45) is 4.99. The molecule has 0 aromatic rings. The molecule has 2 aliphatic rings. The first kappa shape index (κ1) is 11.9. The van der Waals surface area contributed by atoms with E-state index in [2.05, 4.69) is 17.6 Å². The number of amides is 1. The average molecular weight is 226 g/mol. The van der Waals surface area contributed by atoms with Gasteiger partial charge >= 0.3 is 0 Å². The lowest BCUT2D eigenvalue weighted by Crippen LogP contribution is -2.61. The Hall–Kier alpha value is -0.610. The number of aliphatic hydroxyl groups is 1. The Bertz CT molecular complexity index is 258. The highest BCUT2D eigenvalue weighted by Gasteiger charge is 2.39. The molecule has 2 unspecified atom stereocenters. The minimum atomic E-state index is -0.306. The number of hydrogen-bond acceptors (Lipinski definition) is 3. The number of carbonyl (C=O) groups is 1. The molecule has 2 atom stereocenters. The minimum absolute atomic E-state index is 0.0622. The number of aliphatic hydroxyl groups excluding tert-OH is 1. The molecule has 4 nitrogen and oxygen atoms in total. The first-order chi connectivity index (χ1) is 7.65. The molecule has 1 aliphatic carbocycles. The molecule has 92 valence electrons. The molecule has 2 fully saturated rings. The number of hydrogen-bond donors (Lipinski definition) is 3. The molecule has 1 heterocycles. The fourth-order valence-electron chi connectivity index (χ4n) is 2.58. The summed E-state index contributed by atoms with van der Waals surface area (Å²) in [5.74, 6) is 0.684. The van der Waals surface area contributed by atoms with Gasteiger partial charge in [-0.1, -0.05) is 6.92 Å². The number of rotatable bonds is 3. The van der Waals surface area contributed by atoms with Crippen LogP contribution in [0.3, 0.4) is 0 Å². The second kappa shape index (κ2) is 4.72. The molecule has 1 amide bonds. The van der Waals surface area contributed by atoms with Crippen molar-refractivity contribution in [2.75, 3.05) is 13.2 Å². The summed E-state index contributed by atoms with van der Waals surface area (Å²) in [5, 5.41) is 15.6.